The molecule has 2 aromatic heterocycles. The molecule has 0 aliphatic carbocycles. The number of thiophene rings is 1. The number of aliphatic hydroxyl groups is 1. The molecule has 1 aliphatic rings. The molecule has 146 valence electrons. The van der Waals surface area contributed by atoms with E-state index in [1.165, 1.54) is 27.4 Å². The lowest BCUT2D eigenvalue weighted by atomic mass is 10.1. The number of hydrogen-bond donors (Lipinski definition) is 3. The van der Waals surface area contributed by atoms with Gasteiger partial charge >= 0.3 is 0 Å². The first-order valence-corrected chi connectivity index (χ1v) is 9.86. The van der Waals surface area contributed by atoms with Gasteiger partial charge in [-0.15, -0.1) is 11.3 Å². The molecular formula is C19H21N5O3S. The van der Waals surface area contributed by atoms with Gasteiger partial charge in [-0.2, -0.15) is 0 Å². The molecule has 1 atom stereocenters. The highest BCUT2D eigenvalue weighted by atomic mass is 32.1. The molecule has 9 heteroatoms. The zero-order chi connectivity index (χ0) is 19.5. The maximum Gasteiger partial charge on any atom is 0.277 e. The fraction of sp³-hybridized carbons (Fsp3) is 0.316. The van der Waals surface area contributed by atoms with Gasteiger partial charge in [-0.05, 0) is 17.5 Å². The quantitative estimate of drug-likeness (QED) is 0.443. The molecule has 4 rings (SSSR count). The summed E-state index contributed by atoms with van der Waals surface area (Å²) in [5, 5.41) is 19.9. The lowest BCUT2D eigenvalue weighted by Crippen LogP contribution is -2.48. The van der Waals surface area contributed by atoms with E-state index < -0.39 is 5.91 Å². The van der Waals surface area contributed by atoms with Crippen molar-refractivity contribution in [2.24, 2.45) is 0 Å². The monoisotopic (exact) mass is 399 g/mol. The number of aromatic nitrogens is 2. The van der Waals surface area contributed by atoms with E-state index in [1.54, 1.807) is 16.8 Å². The molecule has 28 heavy (non-hydrogen) atoms. The minimum absolute atomic E-state index is 0.0175. The van der Waals surface area contributed by atoms with Crippen molar-refractivity contribution in [2.45, 2.75) is 6.04 Å². The van der Waals surface area contributed by atoms with Gasteiger partial charge in [-0.1, -0.05) is 18.2 Å². The van der Waals surface area contributed by atoms with Gasteiger partial charge in [0, 0.05) is 48.1 Å². The third-order valence-corrected chi connectivity index (χ3v) is 6.20. The summed E-state index contributed by atoms with van der Waals surface area (Å²) in [6.45, 7) is 3.09. The highest BCUT2D eigenvalue weighted by Crippen LogP contribution is 2.33. The number of carbonyl (C=O) groups is 1. The molecule has 1 unspecified atom stereocenters. The molecular weight excluding hydrogens is 378 g/mol. The van der Waals surface area contributed by atoms with Crippen LogP contribution in [-0.4, -0.2) is 63.9 Å². The van der Waals surface area contributed by atoms with Crippen molar-refractivity contribution in [1.29, 1.82) is 0 Å². The summed E-state index contributed by atoms with van der Waals surface area (Å²) in [6.07, 6.45) is 2.79. The number of carbonyl (C=O) groups excluding carboxylic acids is 1. The zero-order valence-corrected chi connectivity index (χ0v) is 16.0. The van der Waals surface area contributed by atoms with E-state index >= 15 is 0 Å². The topological polar surface area (TPSA) is 102 Å². The summed E-state index contributed by atoms with van der Waals surface area (Å²) in [5.41, 5.74) is 1.77. The maximum atomic E-state index is 11.4. The Labute approximate surface area is 166 Å². The van der Waals surface area contributed by atoms with E-state index in [0.29, 0.717) is 5.95 Å². The number of nitrogens with zero attached hydrogens (tertiary/aromatic N) is 4. The van der Waals surface area contributed by atoms with Crippen molar-refractivity contribution in [2.75, 3.05) is 37.7 Å². The standard InChI is InChI=1S/C19H21N5O3S/c25-12-15(17-9-13-3-1-2-4-16(13)28-17)23-5-7-24(8-6-23)19-20-10-14(11-21-19)18(26)22-27/h1-4,9-11,15,25,27H,5-8,12H2,(H,22,26). The minimum Gasteiger partial charge on any atom is -0.394 e. The molecule has 1 amide bonds. The molecule has 1 aliphatic heterocycles. The number of nitrogens with one attached hydrogen (secondary N) is 1. The number of hydrogen-bond acceptors (Lipinski definition) is 8. The van der Waals surface area contributed by atoms with Crippen LogP contribution in [0.3, 0.4) is 0 Å². The van der Waals surface area contributed by atoms with Crippen LogP contribution in [0.1, 0.15) is 21.3 Å². The molecule has 0 radical (unpaired) electrons. The second-order valence-electron chi connectivity index (χ2n) is 6.62. The van der Waals surface area contributed by atoms with Crippen molar-refractivity contribution in [3.8, 4) is 0 Å². The second-order valence-corrected chi connectivity index (χ2v) is 7.74. The average molecular weight is 399 g/mol. The Kier molecular flexibility index (Phi) is 5.49. The molecule has 1 saturated heterocycles. The Hall–Kier alpha value is -2.59. The number of aliphatic hydroxyl groups excluding tert-OH is 1. The van der Waals surface area contributed by atoms with Gasteiger partial charge in [0.1, 0.15) is 0 Å². The van der Waals surface area contributed by atoms with Crippen molar-refractivity contribution in [3.63, 3.8) is 0 Å². The maximum absolute atomic E-state index is 11.4. The van der Waals surface area contributed by atoms with E-state index in [2.05, 4.69) is 38.0 Å². The van der Waals surface area contributed by atoms with E-state index in [0.717, 1.165) is 26.2 Å². The SMILES string of the molecule is O=C(NO)c1cnc(N2CCN(C(CO)c3cc4ccccc4s3)CC2)nc1. The van der Waals surface area contributed by atoms with E-state index in [1.807, 2.05) is 12.1 Å². The first-order chi connectivity index (χ1) is 13.7. The summed E-state index contributed by atoms with van der Waals surface area (Å²) >= 11 is 1.73. The van der Waals surface area contributed by atoms with E-state index in [-0.39, 0.29) is 18.2 Å². The van der Waals surface area contributed by atoms with E-state index in [9.17, 15) is 9.90 Å². The predicted octanol–water partition coefficient (Wildman–Crippen LogP) is 1.67. The lowest BCUT2D eigenvalue weighted by Gasteiger charge is -2.38. The van der Waals surface area contributed by atoms with Gasteiger partial charge in [0.05, 0.1) is 18.2 Å². The van der Waals surface area contributed by atoms with Crippen molar-refractivity contribution < 1.29 is 15.1 Å². The molecule has 0 bridgehead atoms. The van der Waals surface area contributed by atoms with E-state index in [4.69, 9.17) is 5.21 Å². The van der Waals surface area contributed by atoms with Gasteiger partial charge < -0.3 is 10.0 Å². The smallest absolute Gasteiger partial charge is 0.277 e. The first kappa shape index (κ1) is 18.8. The van der Waals surface area contributed by atoms with Crippen LogP contribution in [0.2, 0.25) is 0 Å². The number of fused-ring (bicyclic) bond motifs is 1. The van der Waals surface area contributed by atoms with Gasteiger partial charge in [-0.25, -0.2) is 15.4 Å². The molecule has 1 fully saturated rings. The summed E-state index contributed by atoms with van der Waals surface area (Å²) < 4.78 is 1.23. The third kappa shape index (κ3) is 3.69. The highest BCUT2D eigenvalue weighted by Gasteiger charge is 2.27. The van der Waals surface area contributed by atoms with Crippen LogP contribution in [0, 0.1) is 0 Å². The number of benzene rings is 1. The van der Waals surface area contributed by atoms with Crippen molar-refractivity contribution in [3.05, 3.63) is 53.2 Å². The Morgan fingerprint density at radius 2 is 1.89 bits per heavy atom. The minimum atomic E-state index is -0.634. The number of hydroxylamine groups is 1. The van der Waals surface area contributed by atoms with Crippen molar-refractivity contribution >= 4 is 33.3 Å². The molecule has 1 aromatic carbocycles. The molecule has 3 N–H and O–H groups in total. The molecule has 8 nitrogen and oxygen atoms in total. The number of rotatable bonds is 5. The number of piperazine rings is 1. The Bertz CT molecular complexity index is 921. The Balaban J connectivity index is 1.43. The van der Waals surface area contributed by atoms with Crippen molar-refractivity contribution in [1.82, 2.24) is 20.3 Å². The Morgan fingerprint density at radius 3 is 2.54 bits per heavy atom. The van der Waals surface area contributed by atoms with Gasteiger partial charge in [0.15, 0.2) is 0 Å². The summed E-state index contributed by atoms with van der Waals surface area (Å²) in [5.74, 6) is -0.0814. The van der Waals surface area contributed by atoms with Crippen LogP contribution >= 0.6 is 11.3 Å². The summed E-state index contributed by atoms with van der Waals surface area (Å²) in [7, 11) is 0. The van der Waals surface area contributed by atoms with Crippen LogP contribution in [0.4, 0.5) is 5.95 Å². The van der Waals surface area contributed by atoms with Gasteiger partial charge in [0.25, 0.3) is 5.91 Å². The number of anilines is 1. The van der Waals surface area contributed by atoms with Crippen LogP contribution in [0.5, 0.6) is 0 Å². The average Bonchev–Trinajstić information content (AvgIpc) is 3.18. The summed E-state index contributed by atoms with van der Waals surface area (Å²) in [6, 6.07) is 10.4. The van der Waals surface area contributed by atoms with Crippen LogP contribution in [-0.2, 0) is 0 Å². The van der Waals surface area contributed by atoms with Crippen LogP contribution < -0.4 is 10.4 Å². The fourth-order valence-corrected chi connectivity index (χ4v) is 4.64. The number of amides is 1. The molecule has 3 heterocycles. The predicted molar refractivity (Wildman–Crippen MR) is 107 cm³/mol. The Morgan fingerprint density at radius 1 is 1.18 bits per heavy atom. The fourth-order valence-electron chi connectivity index (χ4n) is 3.45. The van der Waals surface area contributed by atoms with Crippen LogP contribution in [0.15, 0.2) is 42.7 Å². The highest BCUT2D eigenvalue weighted by molar-refractivity contribution is 7.19. The molecule has 0 saturated carbocycles. The zero-order valence-electron chi connectivity index (χ0n) is 15.2. The van der Waals surface area contributed by atoms with Gasteiger partial charge in [-0.3, -0.25) is 14.9 Å². The first-order valence-electron chi connectivity index (χ1n) is 9.04. The largest absolute Gasteiger partial charge is 0.394 e. The summed E-state index contributed by atoms with van der Waals surface area (Å²) in [4.78, 5) is 25.3. The molecule has 3 aromatic rings. The van der Waals surface area contributed by atoms with Gasteiger partial charge in [0.2, 0.25) is 5.95 Å². The molecule has 0 spiro atoms. The lowest BCUT2D eigenvalue weighted by molar-refractivity contribution is 0.0705. The second kappa shape index (κ2) is 8.19. The normalized spacial score (nSPS) is 16.3. The van der Waals surface area contributed by atoms with Crippen LogP contribution in [0.25, 0.3) is 10.1 Å². The third-order valence-electron chi connectivity index (χ3n) is 4.99.